The summed E-state index contributed by atoms with van der Waals surface area (Å²) >= 11 is 11.9. The highest BCUT2D eigenvalue weighted by atomic mass is 35.5. The van der Waals surface area contributed by atoms with Gasteiger partial charge >= 0.3 is 5.69 Å². The van der Waals surface area contributed by atoms with Gasteiger partial charge in [0.25, 0.3) is 0 Å². The second-order valence-electron chi connectivity index (χ2n) is 6.35. The summed E-state index contributed by atoms with van der Waals surface area (Å²) in [5.41, 5.74) is 0.256. The van der Waals surface area contributed by atoms with Crippen LogP contribution >= 0.6 is 23.2 Å². The number of aliphatic hydroxyl groups is 3. The first kappa shape index (κ1) is 21.6. The van der Waals surface area contributed by atoms with Crippen molar-refractivity contribution < 1.29 is 29.3 Å². The highest BCUT2D eigenvalue weighted by Gasteiger charge is 2.44. The van der Waals surface area contributed by atoms with Crippen LogP contribution in [0.3, 0.4) is 0 Å². The first-order valence-electron chi connectivity index (χ1n) is 8.36. The minimum absolute atomic E-state index is 0.227. The van der Waals surface area contributed by atoms with Crippen molar-refractivity contribution in [2.75, 3.05) is 12.1 Å². The van der Waals surface area contributed by atoms with Gasteiger partial charge in [-0.1, -0.05) is 29.3 Å². The number of benzene rings is 1. The molecular formula is C17H16Cl2FN3O6. The maximum Gasteiger partial charge on any atom is 0.351 e. The van der Waals surface area contributed by atoms with Gasteiger partial charge in [-0.2, -0.15) is 4.98 Å². The lowest BCUT2D eigenvalue weighted by molar-refractivity contribution is -0.0550. The van der Waals surface area contributed by atoms with Gasteiger partial charge in [-0.15, -0.1) is 4.48 Å². The largest absolute Gasteiger partial charge is 0.394 e. The van der Waals surface area contributed by atoms with E-state index in [1.165, 1.54) is 23.7 Å². The SMILES string of the molecule is O=C(Cc1ccc(Cl)cc1Cl)c1cn(C2O[C@H](CO)[C@@H](O)[C@H]2O)c(=O)nc1NF. The number of rotatable bonds is 6. The molecule has 0 amide bonds. The van der Waals surface area contributed by atoms with Gasteiger partial charge in [-0.3, -0.25) is 9.36 Å². The molecule has 29 heavy (non-hydrogen) atoms. The number of hydrogen-bond donors (Lipinski definition) is 4. The molecule has 2 aromatic rings. The summed E-state index contributed by atoms with van der Waals surface area (Å²) in [5.74, 6) is -1.25. The first-order valence-corrected chi connectivity index (χ1v) is 9.11. The monoisotopic (exact) mass is 447 g/mol. The van der Waals surface area contributed by atoms with Crippen molar-refractivity contribution in [3.05, 3.63) is 56.1 Å². The lowest BCUT2D eigenvalue weighted by Gasteiger charge is -2.18. The molecule has 4 atom stereocenters. The van der Waals surface area contributed by atoms with E-state index in [2.05, 4.69) is 4.98 Å². The summed E-state index contributed by atoms with van der Waals surface area (Å²) in [4.78, 5) is 28.4. The van der Waals surface area contributed by atoms with Crippen molar-refractivity contribution in [3.8, 4) is 0 Å². The summed E-state index contributed by atoms with van der Waals surface area (Å²) in [6.07, 6.45) is -4.91. The normalized spacial score (nSPS) is 23.9. The number of nitrogens with zero attached hydrogens (tertiary/aromatic N) is 2. The standard InChI is InChI=1S/C17H16Cl2FN3O6/c18-8-2-1-7(10(19)4-8)3-11(25)9-5-23(17(28)21-15(9)22-20)16-14(27)13(26)12(6-24)29-16/h1-2,4-5,12-14,16,24,26-27H,3,6H2,(H,21,22,28)/t12-,13-,14-,16?/m1/s1. The second kappa shape index (κ2) is 8.74. The summed E-state index contributed by atoms with van der Waals surface area (Å²) in [7, 11) is 0. The molecule has 0 bridgehead atoms. The van der Waals surface area contributed by atoms with E-state index < -0.39 is 48.4 Å². The Morgan fingerprint density at radius 2 is 2.03 bits per heavy atom. The summed E-state index contributed by atoms with van der Waals surface area (Å²) in [5, 5.41) is 29.8. The van der Waals surface area contributed by atoms with Crippen LogP contribution in [0.15, 0.2) is 29.2 Å². The molecule has 0 aliphatic carbocycles. The van der Waals surface area contributed by atoms with Gasteiger partial charge < -0.3 is 20.1 Å². The molecule has 4 N–H and O–H groups in total. The Balaban J connectivity index is 1.97. The number of Topliss-reactive ketones (excluding diaryl/α,β-unsaturated/α-hetero) is 1. The Labute approximate surface area is 173 Å². The molecule has 1 unspecified atom stereocenters. The number of halogens is 3. The third-order valence-electron chi connectivity index (χ3n) is 4.50. The van der Waals surface area contributed by atoms with E-state index in [0.717, 1.165) is 10.8 Å². The van der Waals surface area contributed by atoms with E-state index in [1.807, 2.05) is 0 Å². The summed E-state index contributed by atoms with van der Waals surface area (Å²) < 4.78 is 19.2. The van der Waals surface area contributed by atoms with Gasteiger partial charge in [0.1, 0.15) is 18.3 Å². The van der Waals surface area contributed by atoms with Gasteiger partial charge in [-0.25, -0.2) is 10.3 Å². The maximum atomic E-state index is 13.2. The minimum Gasteiger partial charge on any atom is -0.394 e. The topological polar surface area (TPSA) is 134 Å². The third-order valence-corrected chi connectivity index (χ3v) is 5.09. The lowest BCUT2D eigenvalue weighted by atomic mass is 10.0. The number of hydrogen-bond acceptors (Lipinski definition) is 8. The molecule has 0 spiro atoms. The minimum atomic E-state index is -1.58. The van der Waals surface area contributed by atoms with Gasteiger partial charge in [0.2, 0.25) is 0 Å². The van der Waals surface area contributed by atoms with Gasteiger partial charge in [0, 0.05) is 22.7 Å². The lowest BCUT2D eigenvalue weighted by Crippen LogP contribution is -2.36. The number of carbonyl (C=O) groups excluding carboxylic acids is 1. The van der Waals surface area contributed by atoms with E-state index in [-0.39, 0.29) is 17.0 Å². The summed E-state index contributed by atoms with van der Waals surface area (Å²) in [6, 6.07) is 4.50. The zero-order chi connectivity index (χ0) is 21.3. The van der Waals surface area contributed by atoms with Crippen molar-refractivity contribution in [1.82, 2.24) is 9.55 Å². The van der Waals surface area contributed by atoms with Crippen molar-refractivity contribution >= 4 is 34.8 Å². The third kappa shape index (κ3) is 4.27. The maximum absolute atomic E-state index is 13.2. The fourth-order valence-corrected chi connectivity index (χ4v) is 3.45. The van der Waals surface area contributed by atoms with E-state index in [9.17, 15) is 29.4 Å². The molecule has 2 heterocycles. The van der Waals surface area contributed by atoms with Crippen LogP contribution in [0.1, 0.15) is 22.1 Å². The Hall–Kier alpha value is -2.08. The molecule has 1 aromatic heterocycles. The van der Waals surface area contributed by atoms with Crippen molar-refractivity contribution in [1.29, 1.82) is 0 Å². The van der Waals surface area contributed by atoms with Crippen molar-refractivity contribution in [3.63, 3.8) is 0 Å². The predicted molar refractivity (Wildman–Crippen MR) is 101 cm³/mol. The molecule has 0 radical (unpaired) electrons. The zero-order valence-corrected chi connectivity index (χ0v) is 16.1. The molecule has 1 fully saturated rings. The number of anilines is 1. The average molecular weight is 448 g/mol. The van der Waals surface area contributed by atoms with Crippen molar-refractivity contribution in [2.24, 2.45) is 0 Å². The molecule has 1 aliphatic heterocycles. The molecule has 12 heteroatoms. The smallest absolute Gasteiger partial charge is 0.351 e. The number of carbonyl (C=O) groups is 1. The van der Waals surface area contributed by atoms with Gasteiger partial charge in [-0.05, 0) is 17.7 Å². The first-order chi connectivity index (χ1) is 13.8. The van der Waals surface area contributed by atoms with Crippen LogP contribution in [-0.2, 0) is 11.2 Å². The van der Waals surface area contributed by atoms with E-state index in [1.54, 1.807) is 0 Å². The molecule has 3 rings (SSSR count). The number of nitrogens with one attached hydrogen (secondary N) is 1. The predicted octanol–water partition coefficient (Wildman–Crippen LogP) is 0.883. The number of aromatic nitrogens is 2. The van der Waals surface area contributed by atoms with Crippen LogP contribution in [0.25, 0.3) is 0 Å². The number of ketones is 1. The van der Waals surface area contributed by atoms with E-state index in [4.69, 9.17) is 27.9 Å². The average Bonchev–Trinajstić information content (AvgIpc) is 2.98. The molecule has 1 aliphatic rings. The van der Waals surface area contributed by atoms with Crippen LogP contribution in [-0.4, -0.2) is 55.6 Å². The fourth-order valence-electron chi connectivity index (χ4n) is 2.97. The molecule has 1 aromatic carbocycles. The molecular weight excluding hydrogens is 432 g/mol. The number of aliphatic hydroxyl groups excluding tert-OH is 3. The van der Waals surface area contributed by atoms with Crippen LogP contribution < -0.4 is 11.2 Å². The number of ether oxygens (including phenoxy) is 1. The molecule has 1 saturated heterocycles. The van der Waals surface area contributed by atoms with Crippen LogP contribution in [0.2, 0.25) is 10.0 Å². The fraction of sp³-hybridized carbons (Fsp3) is 0.353. The summed E-state index contributed by atoms with van der Waals surface area (Å²) in [6.45, 7) is -0.609. The van der Waals surface area contributed by atoms with Crippen LogP contribution in [0.4, 0.5) is 10.3 Å². The Kier molecular flexibility index (Phi) is 6.52. The molecule has 0 saturated carbocycles. The zero-order valence-electron chi connectivity index (χ0n) is 14.6. The van der Waals surface area contributed by atoms with Gasteiger partial charge in [0.15, 0.2) is 17.8 Å². The van der Waals surface area contributed by atoms with E-state index in [0.29, 0.717) is 10.6 Å². The van der Waals surface area contributed by atoms with Crippen LogP contribution in [0, 0.1) is 0 Å². The van der Waals surface area contributed by atoms with Crippen molar-refractivity contribution in [2.45, 2.75) is 31.0 Å². The Bertz CT molecular complexity index is 988. The Morgan fingerprint density at radius 1 is 1.31 bits per heavy atom. The van der Waals surface area contributed by atoms with Gasteiger partial charge in [0.05, 0.1) is 12.2 Å². The van der Waals surface area contributed by atoms with Crippen LogP contribution in [0.5, 0.6) is 0 Å². The molecule has 9 nitrogen and oxygen atoms in total. The second-order valence-corrected chi connectivity index (χ2v) is 7.20. The Morgan fingerprint density at radius 3 is 2.62 bits per heavy atom. The quantitative estimate of drug-likeness (QED) is 0.378. The highest BCUT2D eigenvalue weighted by Crippen LogP contribution is 2.29. The van der Waals surface area contributed by atoms with E-state index >= 15 is 0 Å². The highest BCUT2D eigenvalue weighted by molar-refractivity contribution is 6.35. The molecule has 156 valence electrons.